The van der Waals surface area contributed by atoms with Crippen LogP contribution in [0.25, 0.3) is 0 Å². The maximum Gasteiger partial charge on any atom is 0.305 e. The molecule has 82 heavy (non-hydrogen) atoms. The number of ether oxygens (including phenoxy) is 1. The Balaban J connectivity index is 3.35. The summed E-state index contributed by atoms with van der Waals surface area (Å²) in [7, 11) is 0. The molecule has 486 valence electrons. The molecule has 2 atom stereocenters. The molecule has 0 aromatic carbocycles. The maximum atomic E-state index is 12.6. The van der Waals surface area contributed by atoms with Crippen LogP contribution in [0.4, 0.5) is 0 Å². The van der Waals surface area contributed by atoms with Crippen molar-refractivity contribution >= 4 is 11.9 Å². The molecular formula is C76H147NO5. The van der Waals surface area contributed by atoms with Crippen molar-refractivity contribution in [2.45, 2.75) is 437 Å². The summed E-state index contributed by atoms with van der Waals surface area (Å²) in [4.78, 5) is 24.6. The molecule has 2 unspecified atom stereocenters. The molecule has 0 aromatic heterocycles. The monoisotopic (exact) mass is 1150 g/mol. The molecule has 0 saturated carbocycles. The van der Waals surface area contributed by atoms with Crippen molar-refractivity contribution < 1.29 is 24.5 Å². The van der Waals surface area contributed by atoms with Gasteiger partial charge in [-0.15, -0.1) is 0 Å². The molecule has 0 aromatic rings. The van der Waals surface area contributed by atoms with E-state index >= 15 is 0 Å². The number of hydrogen-bond donors (Lipinski definition) is 3. The number of unbranched alkanes of at least 4 members (excludes halogenated alkanes) is 56. The number of aliphatic hydroxyl groups is 2. The third-order valence-electron chi connectivity index (χ3n) is 17.7. The highest BCUT2D eigenvalue weighted by molar-refractivity contribution is 5.76. The summed E-state index contributed by atoms with van der Waals surface area (Å²) >= 11 is 0. The van der Waals surface area contributed by atoms with E-state index in [0.717, 1.165) is 44.9 Å². The zero-order valence-electron chi connectivity index (χ0n) is 55.8. The van der Waals surface area contributed by atoms with Gasteiger partial charge in [0.15, 0.2) is 0 Å². The number of rotatable bonds is 71. The normalized spacial score (nSPS) is 12.6. The van der Waals surface area contributed by atoms with E-state index in [4.69, 9.17) is 4.74 Å². The summed E-state index contributed by atoms with van der Waals surface area (Å²) in [5.74, 6) is -0.0178. The average molecular weight is 1160 g/mol. The number of carbonyl (C=O) groups is 2. The van der Waals surface area contributed by atoms with E-state index in [-0.39, 0.29) is 18.5 Å². The predicted molar refractivity (Wildman–Crippen MR) is 361 cm³/mol. The number of carbonyl (C=O) groups excluding carboxylic acids is 2. The summed E-state index contributed by atoms with van der Waals surface area (Å²) < 4.78 is 5.48. The summed E-state index contributed by atoms with van der Waals surface area (Å²) in [5.41, 5.74) is 0. The van der Waals surface area contributed by atoms with Crippen molar-refractivity contribution in [3.05, 3.63) is 24.3 Å². The number of amides is 1. The molecule has 6 heteroatoms. The number of allylic oxidation sites excluding steroid dienone is 4. The fraction of sp³-hybridized carbons (Fsp3) is 0.921. The fourth-order valence-corrected chi connectivity index (χ4v) is 12.0. The molecule has 0 spiro atoms. The SMILES string of the molecule is CCCCC/C=C\CCCCCCCC(=O)OCCCCCCCCCCCCCC/C=C\CCCCCCCCCCCCCCCCCCCC(=O)NC(CO)C(O)CCCCCCCCCCCCCCCCCCCCCC. The van der Waals surface area contributed by atoms with Gasteiger partial charge in [-0.05, 0) is 77.0 Å². The van der Waals surface area contributed by atoms with Crippen LogP contribution in [0, 0.1) is 0 Å². The number of esters is 1. The molecule has 0 aliphatic rings. The van der Waals surface area contributed by atoms with Gasteiger partial charge in [-0.1, -0.05) is 359 Å². The van der Waals surface area contributed by atoms with Crippen molar-refractivity contribution in [3.8, 4) is 0 Å². The molecule has 0 rings (SSSR count). The van der Waals surface area contributed by atoms with Gasteiger partial charge in [-0.25, -0.2) is 0 Å². The third-order valence-corrected chi connectivity index (χ3v) is 17.7. The number of hydrogen-bond acceptors (Lipinski definition) is 5. The molecule has 0 heterocycles. The van der Waals surface area contributed by atoms with Gasteiger partial charge in [0, 0.05) is 12.8 Å². The molecular weight excluding hydrogens is 1010 g/mol. The topological polar surface area (TPSA) is 95.9 Å². The Labute approximate surface area is 513 Å². The molecule has 0 fully saturated rings. The molecule has 6 nitrogen and oxygen atoms in total. The van der Waals surface area contributed by atoms with Crippen LogP contribution >= 0.6 is 0 Å². The molecule has 3 N–H and O–H groups in total. The van der Waals surface area contributed by atoms with E-state index in [1.54, 1.807) is 0 Å². The van der Waals surface area contributed by atoms with Gasteiger partial charge < -0.3 is 20.3 Å². The molecule has 1 amide bonds. The number of aliphatic hydroxyl groups excluding tert-OH is 2. The molecule has 0 aliphatic carbocycles. The summed E-state index contributed by atoms with van der Waals surface area (Å²) in [6.07, 6.45) is 91.1. The second-order valence-electron chi connectivity index (χ2n) is 26.0. The van der Waals surface area contributed by atoms with Gasteiger partial charge in [0.05, 0.1) is 25.4 Å². The number of nitrogens with one attached hydrogen (secondary N) is 1. The lowest BCUT2D eigenvalue weighted by Gasteiger charge is -2.22. The molecule has 0 bridgehead atoms. The van der Waals surface area contributed by atoms with Gasteiger partial charge in [-0.2, -0.15) is 0 Å². The summed E-state index contributed by atoms with van der Waals surface area (Å²) in [6, 6.07) is -0.540. The Morgan fingerprint density at radius 1 is 0.329 bits per heavy atom. The Hall–Kier alpha value is -1.66. The minimum Gasteiger partial charge on any atom is -0.466 e. The Morgan fingerprint density at radius 2 is 0.573 bits per heavy atom. The highest BCUT2D eigenvalue weighted by Gasteiger charge is 2.20. The van der Waals surface area contributed by atoms with Crippen LogP contribution in [0.5, 0.6) is 0 Å². The van der Waals surface area contributed by atoms with Crippen LogP contribution in [0.2, 0.25) is 0 Å². The minimum atomic E-state index is -0.663. The van der Waals surface area contributed by atoms with Crippen LogP contribution in [-0.4, -0.2) is 47.4 Å². The lowest BCUT2D eigenvalue weighted by atomic mass is 10.0. The van der Waals surface area contributed by atoms with Crippen LogP contribution in [0.3, 0.4) is 0 Å². The van der Waals surface area contributed by atoms with Gasteiger partial charge in [-0.3, -0.25) is 9.59 Å². The summed E-state index contributed by atoms with van der Waals surface area (Å²) in [6.45, 7) is 4.97. The Morgan fingerprint density at radius 3 is 0.890 bits per heavy atom. The fourth-order valence-electron chi connectivity index (χ4n) is 12.0. The van der Waals surface area contributed by atoms with Crippen molar-refractivity contribution in [2.75, 3.05) is 13.2 Å². The van der Waals surface area contributed by atoms with Crippen molar-refractivity contribution in [3.63, 3.8) is 0 Å². The highest BCUT2D eigenvalue weighted by Crippen LogP contribution is 2.19. The first-order chi connectivity index (χ1) is 40.5. The molecule has 0 aliphatic heterocycles. The minimum absolute atomic E-state index is 0.00925. The Bertz CT molecular complexity index is 1280. The van der Waals surface area contributed by atoms with Crippen LogP contribution in [0.1, 0.15) is 425 Å². The van der Waals surface area contributed by atoms with Gasteiger partial charge in [0.2, 0.25) is 5.91 Å². The van der Waals surface area contributed by atoms with E-state index in [1.165, 1.54) is 347 Å². The zero-order chi connectivity index (χ0) is 59.2. The lowest BCUT2D eigenvalue weighted by molar-refractivity contribution is -0.143. The highest BCUT2D eigenvalue weighted by atomic mass is 16.5. The van der Waals surface area contributed by atoms with E-state index in [0.29, 0.717) is 25.9 Å². The van der Waals surface area contributed by atoms with Crippen LogP contribution in [0.15, 0.2) is 24.3 Å². The van der Waals surface area contributed by atoms with Gasteiger partial charge in [0.1, 0.15) is 0 Å². The second kappa shape index (κ2) is 71.8. The zero-order valence-corrected chi connectivity index (χ0v) is 55.8. The van der Waals surface area contributed by atoms with Gasteiger partial charge >= 0.3 is 5.97 Å². The summed E-state index contributed by atoms with van der Waals surface area (Å²) in [5, 5.41) is 23.4. The predicted octanol–water partition coefficient (Wildman–Crippen LogP) is 24.5. The van der Waals surface area contributed by atoms with E-state index < -0.39 is 12.1 Å². The van der Waals surface area contributed by atoms with Crippen molar-refractivity contribution in [1.29, 1.82) is 0 Å². The van der Waals surface area contributed by atoms with E-state index in [1.807, 2.05) is 0 Å². The van der Waals surface area contributed by atoms with E-state index in [2.05, 4.69) is 43.5 Å². The first-order valence-corrected chi connectivity index (χ1v) is 37.6. The maximum absolute atomic E-state index is 12.6. The van der Waals surface area contributed by atoms with Gasteiger partial charge in [0.25, 0.3) is 0 Å². The standard InChI is InChI=1S/C76H147NO5/c1-3-5-7-9-11-13-15-17-18-19-20-36-39-42-45-48-52-56-60-64-68-74(79)73(72-78)77-75(80)69-65-61-57-53-49-46-43-40-37-34-32-30-28-26-24-22-21-23-25-27-29-31-33-35-38-41-44-47-51-55-59-63-67-71-82-76(81)70-66-62-58-54-50-16-14-12-10-8-6-4-2/h12,14,25,27,73-74,78-79H,3-11,13,15-24,26,28-72H2,1-2H3,(H,77,80)/b14-12-,27-25-. The lowest BCUT2D eigenvalue weighted by Crippen LogP contribution is -2.45. The van der Waals surface area contributed by atoms with Crippen molar-refractivity contribution in [2.24, 2.45) is 0 Å². The molecule has 0 saturated heterocycles. The first kappa shape index (κ1) is 80.3. The average Bonchev–Trinajstić information content (AvgIpc) is 3.48. The Kier molecular flexibility index (Phi) is 70.4. The second-order valence-corrected chi connectivity index (χ2v) is 26.0. The first-order valence-electron chi connectivity index (χ1n) is 37.6. The molecule has 0 radical (unpaired) electrons. The van der Waals surface area contributed by atoms with Crippen LogP contribution in [-0.2, 0) is 14.3 Å². The largest absolute Gasteiger partial charge is 0.466 e. The smallest absolute Gasteiger partial charge is 0.305 e. The quantitative estimate of drug-likeness (QED) is 0.0320. The third kappa shape index (κ3) is 67.5. The van der Waals surface area contributed by atoms with Crippen LogP contribution < -0.4 is 5.32 Å². The van der Waals surface area contributed by atoms with E-state index in [9.17, 15) is 19.8 Å². The van der Waals surface area contributed by atoms with Crippen molar-refractivity contribution in [1.82, 2.24) is 5.32 Å².